The molecule has 5 fully saturated rings. The highest BCUT2D eigenvalue weighted by Crippen LogP contribution is 2.49. The van der Waals surface area contributed by atoms with Crippen molar-refractivity contribution in [3.8, 4) is 5.75 Å². The van der Waals surface area contributed by atoms with Crippen molar-refractivity contribution in [2.45, 2.75) is 102 Å². The van der Waals surface area contributed by atoms with Crippen molar-refractivity contribution in [3.63, 3.8) is 0 Å². The Hall–Kier alpha value is -1.86. The third-order valence-electron chi connectivity index (χ3n) is 10.1. The molecule has 1 aromatic rings. The van der Waals surface area contributed by atoms with Crippen LogP contribution in [-0.2, 0) is 9.59 Å². The molecule has 8 heteroatoms. The molecular weight excluding hydrogens is 517 g/mol. The third-order valence-corrected chi connectivity index (χ3v) is 10.4. The fourth-order valence-electron chi connectivity index (χ4n) is 7.59. The standard InChI is InChI=1S/C31H45ClFN3O3/c1-19-8-11-28(20-6-4-2-3-5-7-20)35-27(19)12-13-34-31(38)24-17-29(22-14-21(24)15-22)36-30(37)18-39-23-9-10-25(32)26(33)16-23/h9-10,16,19-22,24,27-29,35H,2-8,11-15,17-18H2,1H3,(H,34,38)(H,36,37)/t19?,21?,22?,24-,27?,28?,29+/m1/s1. The Morgan fingerprint density at radius 3 is 2.54 bits per heavy atom. The zero-order valence-corrected chi connectivity index (χ0v) is 24.0. The van der Waals surface area contributed by atoms with Gasteiger partial charge in [-0.2, -0.15) is 0 Å². The van der Waals surface area contributed by atoms with Gasteiger partial charge in [0.2, 0.25) is 5.91 Å². The second-order valence-electron chi connectivity index (χ2n) is 12.6. The number of nitrogens with one attached hydrogen (secondary N) is 3. The molecule has 3 N–H and O–H groups in total. The fraction of sp³-hybridized carbons (Fsp3) is 0.742. The van der Waals surface area contributed by atoms with Crippen LogP contribution in [0, 0.1) is 35.4 Å². The van der Waals surface area contributed by atoms with Gasteiger partial charge < -0.3 is 20.7 Å². The highest BCUT2D eigenvalue weighted by molar-refractivity contribution is 6.30. The molecule has 1 aromatic carbocycles. The van der Waals surface area contributed by atoms with Crippen molar-refractivity contribution < 1.29 is 18.7 Å². The molecule has 6 rings (SSSR count). The summed E-state index contributed by atoms with van der Waals surface area (Å²) in [4.78, 5) is 25.7. The van der Waals surface area contributed by atoms with Crippen LogP contribution in [0.3, 0.4) is 0 Å². The number of ether oxygens (including phenoxy) is 1. The minimum atomic E-state index is -0.579. The van der Waals surface area contributed by atoms with Gasteiger partial charge in [0.05, 0.1) is 5.02 Å². The maximum atomic E-state index is 13.6. The van der Waals surface area contributed by atoms with Gasteiger partial charge in [0.25, 0.3) is 5.91 Å². The van der Waals surface area contributed by atoms with Crippen molar-refractivity contribution in [2.24, 2.45) is 29.6 Å². The minimum Gasteiger partial charge on any atom is -0.484 e. The highest BCUT2D eigenvalue weighted by atomic mass is 35.5. The first kappa shape index (κ1) is 28.7. The van der Waals surface area contributed by atoms with Crippen LogP contribution in [0.4, 0.5) is 4.39 Å². The summed E-state index contributed by atoms with van der Waals surface area (Å²) in [5.41, 5.74) is 0. The smallest absolute Gasteiger partial charge is 0.258 e. The topological polar surface area (TPSA) is 79.5 Å². The van der Waals surface area contributed by atoms with Gasteiger partial charge in [-0.15, -0.1) is 0 Å². The summed E-state index contributed by atoms with van der Waals surface area (Å²) in [6.07, 6.45) is 14.4. The fourth-order valence-corrected chi connectivity index (χ4v) is 7.70. The number of rotatable bonds is 9. The van der Waals surface area contributed by atoms with Gasteiger partial charge in [0, 0.05) is 36.7 Å². The Kier molecular flexibility index (Phi) is 9.70. The molecule has 216 valence electrons. The van der Waals surface area contributed by atoms with Gasteiger partial charge in [-0.1, -0.05) is 44.2 Å². The van der Waals surface area contributed by atoms with Crippen molar-refractivity contribution >= 4 is 23.4 Å². The predicted molar refractivity (Wildman–Crippen MR) is 151 cm³/mol. The molecule has 2 amide bonds. The van der Waals surface area contributed by atoms with Crippen LogP contribution >= 0.6 is 11.6 Å². The second kappa shape index (κ2) is 13.2. The first-order valence-electron chi connectivity index (χ1n) is 15.3. The lowest BCUT2D eigenvalue weighted by atomic mass is 9.57. The lowest BCUT2D eigenvalue weighted by Crippen LogP contribution is -2.57. The van der Waals surface area contributed by atoms with Gasteiger partial charge in [-0.05, 0) is 87.2 Å². The van der Waals surface area contributed by atoms with E-state index in [4.69, 9.17) is 16.3 Å². The lowest BCUT2D eigenvalue weighted by molar-refractivity contribution is -0.136. The zero-order valence-electron chi connectivity index (χ0n) is 23.2. The molecule has 1 heterocycles. The Balaban J connectivity index is 1.05. The van der Waals surface area contributed by atoms with Crippen LogP contribution in [0.5, 0.6) is 5.75 Å². The summed E-state index contributed by atoms with van der Waals surface area (Å²) in [6, 6.07) is 5.20. The second-order valence-corrected chi connectivity index (χ2v) is 13.0. The molecule has 2 bridgehead atoms. The van der Waals surface area contributed by atoms with E-state index in [-0.39, 0.29) is 41.2 Å². The summed E-state index contributed by atoms with van der Waals surface area (Å²) in [7, 11) is 0. The molecule has 39 heavy (non-hydrogen) atoms. The Bertz CT molecular complexity index is 995. The number of benzene rings is 1. The summed E-state index contributed by atoms with van der Waals surface area (Å²) in [5.74, 6) is 1.81. The van der Waals surface area contributed by atoms with Crippen LogP contribution in [0.1, 0.15) is 84.0 Å². The molecule has 1 saturated heterocycles. The van der Waals surface area contributed by atoms with Crippen LogP contribution in [0.15, 0.2) is 18.2 Å². The van der Waals surface area contributed by atoms with Crippen LogP contribution in [0.2, 0.25) is 5.02 Å². The molecular formula is C31H45ClFN3O3. The number of hydrogen-bond donors (Lipinski definition) is 3. The van der Waals surface area contributed by atoms with Crippen LogP contribution < -0.4 is 20.7 Å². The number of halogens is 2. The van der Waals surface area contributed by atoms with Crippen molar-refractivity contribution in [1.82, 2.24) is 16.0 Å². The number of hydrogen-bond acceptors (Lipinski definition) is 4. The van der Waals surface area contributed by atoms with Gasteiger partial charge in [0.1, 0.15) is 11.6 Å². The normalized spacial score (nSPS) is 32.9. The number of fused-ring (bicyclic) bond motifs is 2. The van der Waals surface area contributed by atoms with E-state index in [1.54, 1.807) is 0 Å². The zero-order chi connectivity index (χ0) is 27.4. The van der Waals surface area contributed by atoms with Gasteiger partial charge in [0.15, 0.2) is 6.61 Å². The molecule has 0 radical (unpaired) electrons. The Morgan fingerprint density at radius 1 is 1.03 bits per heavy atom. The number of amides is 2. The van der Waals surface area contributed by atoms with Crippen molar-refractivity contribution in [2.75, 3.05) is 13.2 Å². The number of carbonyl (C=O) groups excluding carboxylic acids is 2. The van der Waals surface area contributed by atoms with Crippen LogP contribution in [0.25, 0.3) is 0 Å². The summed E-state index contributed by atoms with van der Waals surface area (Å²) in [5, 5.41) is 10.3. The Morgan fingerprint density at radius 2 is 1.79 bits per heavy atom. The van der Waals surface area contributed by atoms with E-state index in [0.717, 1.165) is 25.2 Å². The average Bonchev–Trinajstić information content (AvgIpc) is 3.19. The molecule has 4 aliphatic carbocycles. The Labute approximate surface area is 237 Å². The van der Waals surface area contributed by atoms with Gasteiger partial charge in [-0.25, -0.2) is 4.39 Å². The van der Waals surface area contributed by atoms with Gasteiger partial charge in [-0.3, -0.25) is 9.59 Å². The van der Waals surface area contributed by atoms with Crippen molar-refractivity contribution in [1.29, 1.82) is 0 Å². The maximum Gasteiger partial charge on any atom is 0.258 e. The van der Waals surface area contributed by atoms with E-state index in [1.165, 1.54) is 69.6 Å². The molecule has 5 aliphatic rings. The van der Waals surface area contributed by atoms with Crippen LogP contribution in [-0.4, -0.2) is 43.1 Å². The maximum absolute atomic E-state index is 13.6. The van der Waals surface area contributed by atoms with E-state index in [0.29, 0.717) is 42.8 Å². The largest absolute Gasteiger partial charge is 0.484 e. The molecule has 0 aromatic heterocycles. The predicted octanol–water partition coefficient (Wildman–Crippen LogP) is 5.62. The quantitative estimate of drug-likeness (QED) is 0.342. The first-order chi connectivity index (χ1) is 18.9. The first-order valence-corrected chi connectivity index (χ1v) is 15.7. The third kappa shape index (κ3) is 7.27. The summed E-state index contributed by atoms with van der Waals surface area (Å²) >= 11 is 5.70. The van der Waals surface area contributed by atoms with E-state index in [2.05, 4.69) is 22.9 Å². The number of carbonyl (C=O) groups is 2. The SMILES string of the molecule is CC1CCC(C2CCCCCC2)NC1CCNC(=O)[C@@H]1C[C@H](NC(=O)COc2ccc(Cl)c(F)c2)C2CC1C2. The molecule has 1 aliphatic heterocycles. The monoisotopic (exact) mass is 561 g/mol. The van der Waals surface area contributed by atoms with Crippen molar-refractivity contribution in [3.05, 3.63) is 29.0 Å². The lowest BCUT2D eigenvalue weighted by Gasteiger charge is -2.50. The minimum absolute atomic E-state index is 0.0152. The van der Waals surface area contributed by atoms with E-state index >= 15 is 0 Å². The molecule has 3 unspecified atom stereocenters. The molecule has 0 spiro atoms. The molecule has 4 saturated carbocycles. The van der Waals surface area contributed by atoms with E-state index in [9.17, 15) is 14.0 Å². The molecule has 6 nitrogen and oxygen atoms in total. The van der Waals surface area contributed by atoms with Gasteiger partial charge >= 0.3 is 0 Å². The number of piperidine rings is 1. The molecule has 5 atom stereocenters. The van der Waals surface area contributed by atoms with E-state index < -0.39 is 5.82 Å². The summed E-state index contributed by atoms with van der Waals surface area (Å²) < 4.78 is 19.1. The summed E-state index contributed by atoms with van der Waals surface area (Å²) in [6.45, 7) is 2.85. The van der Waals surface area contributed by atoms with E-state index in [1.807, 2.05) is 0 Å². The highest BCUT2D eigenvalue weighted by Gasteiger charge is 2.49. The average molecular weight is 562 g/mol.